The summed E-state index contributed by atoms with van der Waals surface area (Å²) in [4.78, 5) is 16.5. The molecule has 0 saturated heterocycles. The number of nitrogens with zero attached hydrogens (tertiary/aromatic N) is 2. The van der Waals surface area contributed by atoms with Crippen LogP contribution in [0.3, 0.4) is 0 Å². The third-order valence-corrected chi connectivity index (χ3v) is 4.90. The van der Waals surface area contributed by atoms with Crippen LogP contribution in [0.2, 0.25) is 0 Å². The summed E-state index contributed by atoms with van der Waals surface area (Å²) in [7, 11) is 1.78. The summed E-state index contributed by atoms with van der Waals surface area (Å²) in [6.07, 6.45) is 0. The highest BCUT2D eigenvalue weighted by atomic mass is 32.1. The molecule has 0 unspecified atom stereocenters. The Kier molecular flexibility index (Phi) is 3.85. The van der Waals surface area contributed by atoms with E-state index in [9.17, 15) is 13.6 Å². The zero-order valence-corrected chi connectivity index (χ0v) is 13.7. The van der Waals surface area contributed by atoms with Gasteiger partial charge in [0, 0.05) is 7.05 Å². The number of rotatable bonds is 1. The Morgan fingerprint density at radius 2 is 1.83 bits per heavy atom. The van der Waals surface area contributed by atoms with Gasteiger partial charge in [-0.1, -0.05) is 23.5 Å². The molecule has 0 spiro atoms. The van der Waals surface area contributed by atoms with Gasteiger partial charge in [-0.05, 0) is 43.2 Å². The molecule has 2 aromatic carbocycles. The minimum absolute atomic E-state index is 0.404. The lowest BCUT2D eigenvalue weighted by atomic mass is 10.1. The molecule has 0 aliphatic heterocycles. The second-order valence-electron chi connectivity index (χ2n) is 5.39. The summed E-state index contributed by atoms with van der Waals surface area (Å²) in [6.45, 7) is 3.97. The van der Waals surface area contributed by atoms with Crippen LogP contribution in [0, 0.1) is 25.5 Å². The molecule has 0 N–H and O–H groups in total. The van der Waals surface area contributed by atoms with Gasteiger partial charge < -0.3 is 4.57 Å². The number of fused-ring (bicyclic) bond motifs is 1. The van der Waals surface area contributed by atoms with Gasteiger partial charge in [0.05, 0.1) is 10.2 Å². The van der Waals surface area contributed by atoms with Crippen LogP contribution in [0.15, 0.2) is 35.3 Å². The molecule has 3 aromatic rings. The lowest BCUT2D eigenvalue weighted by molar-refractivity contribution is 0.0990. The quantitative estimate of drug-likeness (QED) is 0.666. The van der Waals surface area contributed by atoms with Gasteiger partial charge >= 0.3 is 0 Å². The largest absolute Gasteiger partial charge is 0.319 e. The second-order valence-corrected chi connectivity index (χ2v) is 6.36. The van der Waals surface area contributed by atoms with Crippen LogP contribution in [-0.2, 0) is 7.05 Å². The molecule has 0 bridgehead atoms. The van der Waals surface area contributed by atoms with Gasteiger partial charge in [-0.15, -0.1) is 0 Å². The number of amides is 1. The number of aryl methyl sites for hydroxylation is 3. The minimum Gasteiger partial charge on any atom is -0.319 e. The summed E-state index contributed by atoms with van der Waals surface area (Å²) in [5.41, 5.74) is 2.49. The number of aromatic nitrogens is 1. The van der Waals surface area contributed by atoms with Gasteiger partial charge in [0.1, 0.15) is 17.2 Å². The fourth-order valence-electron chi connectivity index (χ4n) is 2.52. The van der Waals surface area contributed by atoms with Gasteiger partial charge in [0.2, 0.25) is 0 Å². The van der Waals surface area contributed by atoms with Crippen LogP contribution in [0.5, 0.6) is 0 Å². The highest BCUT2D eigenvalue weighted by Crippen LogP contribution is 2.23. The van der Waals surface area contributed by atoms with E-state index in [4.69, 9.17) is 0 Å². The third-order valence-electron chi connectivity index (χ3n) is 3.61. The molecular weight excluding hydrogens is 318 g/mol. The topological polar surface area (TPSA) is 34.4 Å². The molecule has 0 saturated carbocycles. The first kappa shape index (κ1) is 15.6. The van der Waals surface area contributed by atoms with Crippen LogP contribution in [0.25, 0.3) is 10.2 Å². The van der Waals surface area contributed by atoms with E-state index in [1.165, 1.54) is 17.4 Å². The van der Waals surface area contributed by atoms with Gasteiger partial charge in [0.15, 0.2) is 4.80 Å². The molecule has 1 amide bonds. The van der Waals surface area contributed by atoms with Crippen molar-refractivity contribution in [1.29, 1.82) is 0 Å². The predicted molar refractivity (Wildman–Crippen MR) is 86.5 cm³/mol. The van der Waals surface area contributed by atoms with E-state index in [1.807, 2.05) is 26.0 Å². The summed E-state index contributed by atoms with van der Waals surface area (Å²) in [6, 6.07) is 7.34. The fourth-order valence-corrected chi connectivity index (χ4v) is 3.59. The van der Waals surface area contributed by atoms with E-state index in [1.54, 1.807) is 11.6 Å². The lowest BCUT2D eigenvalue weighted by Gasteiger charge is -2.00. The smallest absolute Gasteiger partial charge is 0.285 e. The highest BCUT2D eigenvalue weighted by Gasteiger charge is 2.17. The Bertz CT molecular complexity index is 981. The highest BCUT2D eigenvalue weighted by molar-refractivity contribution is 7.16. The Labute approximate surface area is 135 Å². The summed E-state index contributed by atoms with van der Waals surface area (Å²) in [5.74, 6) is -2.73. The molecule has 0 fully saturated rings. The summed E-state index contributed by atoms with van der Waals surface area (Å²) >= 11 is 1.32. The third kappa shape index (κ3) is 2.70. The Hall–Kier alpha value is -2.34. The first-order valence-corrected chi connectivity index (χ1v) is 7.80. The van der Waals surface area contributed by atoms with Gasteiger partial charge in [-0.2, -0.15) is 4.99 Å². The van der Waals surface area contributed by atoms with E-state index in [0.717, 1.165) is 33.5 Å². The van der Waals surface area contributed by atoms with Crippen LogP contribution < -0.4 is 4.80 Å². The minimum atomic E-state index is -0.919. The SMILES string of the molecule is Cc1cc(C)c2sc(=NC(=O)c3c(F)cccc3F)n(C)c2c1. The zero-order valence-electron chi connectivity index (χ0n) is 12.9. The molecule has 3 rings (SSSR count). The maximum atomic E-state index is 13.7. The van der Waals surface area contributed by atoms with Gasteiger partial charge in [0.25, 0.3) is 5.91 Å². The van der Waals surface area contributed by atoms with Crippen molar-refractivity contribution in [2.45, 2.75) is 13.8 Å². The number of hydrogen-bond donors (Lipinski definition) is 0. The first-order chi connectivity index (χ1) is 10.9. The maximum Gasteiger partial charge on any atom is 0.285 e. The van der Waals surface area contributed by atoms with Crippen molar-refractivity contribution >= 4 is 27.5 Å². The fraction of sp³-hybridized carbons (Fsp3) is 0.176. The van der Waals surface area contributed by atoms with Crippen LogP contribution >= 0.6 is 11.3 Å². The first-order valence-electron chi connectivity index (χ1n) is 6.98. The van der Waals surface area contributed by atoms with E-state index in [2.05, 4.69) is 4.99 Å². The monoisotopic (exact) mass is 332 g/mol. The number of hydrogen-bond acceptors (Lipinski definition) is 2. The van der Waals surface area contributed by atoms with Crippen LogP contribution in [-0.4, -0.2) is 10.5 Å². The van der Waals surface area contributed by atoms with Gasteiger partial charge in [-0.25, -0.2) is 8.78 Å². The number of benzene rings is 2. The molecule has 1 heterocycles. The molecule has 23 heavy (non-hydrogen) atoms. The number of carbonyl (C=O) groups is 1. The lowest BCUT2D eigenvalue weighted by Crippen LogP contribution is -2.14. The molecular formula is C17H14F2N2OS. The molecule has 0 radical (unpaired) electrons. The van der Waals surface area contributed by atoms with E-state index in [-0.39, 0.29) is 0 Å². The van der Waals surface area contributed by atoms with Crippen molar-refractivity contribution in [2.24, 2.45) is 12.0 Å². The van der Waals surface area contributed by atoms with Crippen molar-refractivity contribution < 1.29 is 13.6 Å². The maximum absolute atomic E-state index is 13.7. The average Bonchev–Trinajstić information content (AvgIpc) is 2.76. The Morgan fingerprint density at radius 3 is 2.48 bits per heavy atom. The van der Waals surface area contributed by atoms with Crippen molar-refractivity contribution in [3.8, 4) is 0 Å². The van der Waals surface area contributed by atoms with Crippen molar-refractivity contribution in [3.63, 3.8) is 0 Å². The van der Waals surface area contributed by atoms with E-state index < -0.39 is 23.1 Å². The van der Waals surface area contributed by atoms with E-state index >= 15 is 0 Å². The number of thiazole rings is 1. The van der Waals surface area contributed by atoms with Crippen molar-refractivity contribution in [3.05, 3.63) is 63.5 Å². The second kappa shape index (κ2) is 5.70. The average molecular weight is 332 g/mol. The van der Waals surface area contributed by atoms with E-state index in [0.29, 0.717) is 4.80 Å². The van der Waals surface area contributed by atoms with Crippen molar-refractivity contribution in [2.75, 3.05) is 0 Å². The number of carbonyl (C=O) groups excluding carboxylic acids is 1. The van der Waals surface area contributed by atoms with Crippen LogP contribution in [0.4, 0.5) is 8.78 Å². The summed E-state index contributed by atoms with van der Waals surface area (Å²) in [5, 5.41) is 0. The predicted octanol–water partition coefficient (Wildman–Crippen LogP) is 3.88. The number of halogens is 2. The van der Waals surface area contributed by atoms with Crippen LogP contribution in [0.1, 0.15) is 21.5 Å². The molecule has 3 nitrogen and oxygen atoms in total. The Balaban J connectivity index is 2.20. The molecule has 0 aliphatic carbocycles. The summed E-state index contributed by atoms with van der Waals surface area (Å²) < 4.78 is 30.2. The molecule has 118 valence electrons. The molecule has 0 aliphatic rings. The molecule has 1 aromatic heterocycles. The normalized spacial score (nSPS) is 12.1. The Morgan fingerprint density at radius 1 is 1.17 bits per heavy atom. The zero-order chi connectivity index (χ0) is 16.7. The van der Waals surface area contributed by atoms with Crippen molar-refractivity contribution in [1.82, 2.24) is 4.57 Å². The molecule has 6 heteroatoms. The van der Waals surface area contributed by atoms with Gasteiger partial charge in [-0.3, -0.25) is 4.79 Å². The molecule has 0 atom stereocenters. The standard InChI is InChI=1S/C17H14F2N2OS/c1-9-7-10(2)15-13(8-9)21(3)17(23-15)20-16(22)14-11(18)5-4-6-12(14)19/h4-8H,1-3H3.